The zero-order valence-electron chi connectivity index (χ0n) is 12.9. The lowest BCUT2D eigenvalue weighted by Crippen LogP contribution is -2.27. The van der Waals surface area contributed by atoms with Crippen LogP contribution < -0.4 is 4.74 Å². The highest BCUT2D eigenvalue weighted by molar-refractivity contribution is 7.91. The zero-order chi connectivity index (χ0) is 15.7. The maximum atomic E-state index is 11.4. The van der Waals surface area contributed by atoms with Gasteiger partial charge in [0.2, 0.25) is 0 Å². The van der Waals surface area contributed by atoms with Crippen LogP contribution in [-0.2, 0) is 15.3 Å². The highest BCUT2D eigenvalue weighted by Gasteiger charge is 2.25. The topological polar surface area (TPSA) is 43.4 Å². The Morgan fingerprint density at radius 1 is 1.24 bits per heavy atom. The third kappa shape index (κ3) is 4.36. The number of rotatable bonds is 3. The minimum absolute atomic E-state index is 0.0324. The highest BCUT2D eigenvalue weighted by atomic mass is 35.5. The van der Waals surface area contributed by atoms with Gasteiger partial charge in [-0.15, -0.1) is 0 Å². The van der Waals surface area contributed by atoms with Gasteiger partial charge in [0, 0.05) is 0 Å². The molecule has 2 rings (SSSR count). The molecule has 0 spiro atoms. The Hall–Kier alpha value is -0.740. The molecule has 1 aromatic carbocycles. The molecule has 3 nitrogen and oxygen atoms in total. The van der Waals surface area contributed by atoms with Gasteiger partial charge in [-0.25, -0.2) is 8.42 Å². The fourth-order valence-corrected chi connectivity index (χ4v) is 4.57. The molecule has 0 saturated carbocycles. The quantitative estimate of drug-likeness (QED) is 0.845. The summed E-state index contributed by atoms with van der Waals surface area (Å²) in [5.41, 5.74) is 1.03. The molecule has 1 aromatic rings. The largest absolute Gasteiger partial charge is 0.492 e. The van der Waals surface area contributed by atoms with Gasteiger partial charge in [-0.1, -0.05) is 44.5 Å². The van der Waals surface area contributed by atoms with Crippen molar-refractivity contribution in [2.45, 2.75) is 39.0 Å². The lowest BCUT2D eigenvalue weighted by molar-refractivity contribution is 0.238. The summed E-state index contributed by atoms with van der Waals surface area (Å²) in [5, 5.41) is 0.661. The Balaban J connectivity index is 2.01. The first-order valence-electron chi connectivity index (χ1n) is 7.31. The number of hydrogen-bond donors (Lipinski definition) is 0. The van der Waals surface area contributed by atoms with Crippen LogP contribution in [0.15, 0.2) is 18.2 Å². The fourth-order valence-electron chi connectivity index (χ4n) is 2.51. The van der Waals surface area contributed by atoms with Crippen molar-refractivity contribution in [1.29, 1.82) is 0 Å². The highest BCUT2D eigenvalue weighted by Crippen LogP contribution is 2.36. The Kier molecular flexibility index (Phi) is 4.89. The Bertz CT molecular complexity index is 588. The van der Waals surface area contributed by atoms with Crippen LogP contribution in [0.5, 0.6) is 5.75 Å². The van der Waals surface area contributed by atoms with E-state index in [9.17, 15) is 8.42 Å². The Labute approximate surface area is 132 Å². The predicted octanol–water partition coefficient (Wildman–Crippen LogP) is 3.84. The van der Waals surface area contributed by atoms with Gasteiger partial charge in [0.1, 0.15) is 15.6 Å². The van der Waals surface area contributed by atoms with E-state index in [1.807, 2.05) is 18.2 Å². The Morgan fingerprint density at radius 3 is 2.43 bits per heavy atom. The first-order chi connectivity index (χ1) is 9.69. The van der Waals surface area contributed by atoms with Gasteiger partial charge in [-0.3, -0.25) is 0 Å². The number of sulfone groups is 1. The molecule has 1 fully saturated rings. The van der Waals surface area contributed by atoms with E-state index in [4.69, 9.17) is 16.3 Å². The fraction of sp³-hybridized carbons (Fsp3) is 0.625. The zero-order valence-corrected chi connectivity index (χ0v) is 14.4. The maximum absolute atomic E-state index is 11.4. The molecule has 1 aliphatic rings. The second-order valence-corrected chi connectivity index (χ2v) is 9.46. The number of ether oxygens (including phenoxy) is 1. The monoisotopic (exact) mass is 330 g/mol. The van der Waals surface area contributed by atoms with Crippen molar-refractivity contribution in [3.63, 3.8) is 0 Å². The van der Waals surface area contributed by atoms with Gasteiger partial charge in [-0.05, 0) is 35.8 Å². The maximum Gasteiger partial charge on any atom is 0.150 e. The molecule has 1 saturated heterocycles. The van der Waals surface area contributed by atoms with Crippen molar-refractivity contribution in [1.82, 2.24) is 0 Å². The van der Waals surface area contributed by atoms with Crippen molar-refractivity contribution < 1.29 is 13.2 Å². The third-order valence-corrected chi connectivity index (χ3v) is 6.03. The molecule has 1 heterocycles. The Morgan fingerprint density at radius 2 is 1.86 bits per heavy atom. The second-order valence-electron chi connectivity index (χ2n) is 6.77. The van der Waals surface area contributed by atoms with E-state index in [0.29, 0.717) is 36.1 Å². The van der Waals surface area contributed by atoms with Gasteiger partial charge in [0.15, 0.2) is 0 Å². The summed E-state index contributed by atoms with van der Waals surface area (Å²) >= 11 is 6.44. The van der Waals surface area contributed by atoms with Crippen LogP contribution in [0.3, 0.4) is 0 Å². The van der Waals surface area contributed by atoms with Gasteiger partial charge in [0.25, 0.3) is 0 Å². The molecule has 0 amide bonds. The molecule has 5 heteroatoms. The summed E-state index contributed by atoms with van der Waals surface area (Å²) in [6.45, 7) is 6.88. The summed E-state index contributed by atoms with van der Waals surface area (Å²) in [4.78, 5) is 0. The van der Waals surface area contributed by atoms with Crippen LogP contribution in [0.4, 0.5) is 0 Å². The molecule has 0 radical (unpaired) electrons. The van der Waals surface area contributed by atoms with Crippen molar-refractivity contribution in [2.24, 2.45) is 5.92 Å². The summed E-state index contributed by atoms with van der Waals surface area (Å²) < 4.78 is 28.7. The molecule has 21 heavy (non-hydrogen) atoms. The van der Waals surface area contributed by atoms with Crippen LogP contribution in [0, 0.1) is 5.92 Å². The van der Waals surface area contributed by atoms with Crippen molar-refractivity contribution >= 4 is 21.4 Å². The molecule has 0 atom stereocenters. The van der Waals surface area contributed by atoms with Gasteiger partial charge in [0.05, 0.1) is 23.1 Å². The van der Waals surface area contributed by atoms with E-state index in [2.05, 4.69) is 20.8 Å². The van der Waals surface area contributed by atoms with Crippen LogP contribution in [0.1, 0.15) is 39.2 Å². The SMILES string of the molecule is CC(C)(C)c1cccc(OCC2CCS(=O)(=O)CC2)c1Cl. The predicted molar refractivity (Wildman–Crippen MR) is 87.0 cm³/mol. The van der Waals surface area contributed by atoms with Gasteiger partial charge >= 0.3 is 0 Å². The molecular formula is C16H23ClO3S. The van der Waals surface area contributed by atoms with Crippen LogP contribution >= 0.6 is 11.6 Å². The van der Waals surface area contributed by atoms with Crippen molar-refractivity contribution in [3.8, 4) is 5.75 Å². The minimum Gasteiger partial charge on any atom is -0.492 e. The lowest BCUT2D eigenvalue weighted by atomic mass is 9.87. The normalized spacial score (nSPS) is 19.4. The first kappa shape index (κ1) is 16.6. The molecule has 0 bridgehead atoms. The van der Waals surface area contributed by atoms with Crippen LogP contribution in [-0.4, -0.2) is 26.5 Å². The van der Waals surface area contributed by atoms with E-state index in [1.54, 1.807) is 0 Å². The molecule has 0 N–H and O–H groups in total. The average Bonchev–Trinajstić information content (AvgIpc) is 2.37. The second kappa shape index (κ2) is 6.17. The smallest absolute Gasteiger partial charge is 0.150 e. The molecule has 0 aliphatic carbocycles. The van der Waals surface area contributed by atoms with E-state index in [-0.39, 0.29) is 16.9 Å². The molecular weight excluding hydrogens is 308 g/mol. The number of benzene rings is 1. The molecule has 0 aromatic heterocycles. The van der Waals surface area contributed by atoms with E-state index < -0.39 is 9.84 Å². The van der Waals surface area contributed by atoms with Gasteiger partial charge < -0.3 is 4.74 Å². The van der Waals surface area contributed by atoms with Crippen molar-refractivity contribution in [2.75, 3.05) is 18.1 Å². The number of halogens is 1. The third-order valence-electron chi connectivity index (χ3n) is 3.92. The number of hydrogen-bond acceptors (Lipinski definition) is 3. The van der Waals surface area contributed by atoms with E-state index >= 15 is 0 Å². The summed E-state index contributed by atoms with van der Waals surface area (Å²) in [6, 6.07) is 5.84. The summed E-state index contributed by atoms with van der Waals surface area (Å²) in [5.74, 6) is 1.54. The van der Waals surface area contributed by atoms with Crippen LogP contribution in [0.25, 0.3) is 0 Å². The summed E-state index contributed by atoms with van der Waals surface area (Å²) in [6.07, 6.45) is 1.36. The van der Waals surface area contributed by atoms with Crippen molar-refractivity contribution in [3.05, 3.63) is 28.8 Å². The van der Waals surface area contributed by atoms with E-state index in [0.717, 1.165) is 5.56 Å². The minimum atomic E-state index is -2.81. The van der Waals surface area contributed by atoms with E-state index in [1.165, 1.54) is 0 Å². The first-order valence-corrected chi connectivity index (χ1v) is 9.51. The van der Waals surface area contributed by atoms with Crippen LogP contribution in [0.2, 0.25) is 5.02 Å². The van der Waals surface area contributed by atoms with Gasteiger partial charge in [-0.2, -0.15) is 0 Å². The molecule has 1 aliphatic heterocycles. The molecule has 118 valence electrons. The lowest BCUT2D eigenvalue weighted by Gasteiger charge is -2.24. The average molecular weight is 331 g/mol. The summed E-state index contributed by atoms with van der Waals surface area (Å²) in [7, 11) is -2.81. The standard InChI is InChI=1S/C16H23ClO3S/c1-16(2,3)13-5-4-6-14(15(13)17)20-11-12-7-9-21(18,19)10-8-12/h4-6,12H,7-11H2,1-3H3. The molecule has 0 unspecified atom stereocenters.